The van der Waals surface area contributed by atoms with E-state index in [9.17, 15) is 8.78 Å². The molecule has 2 nitrogen and oxygen atoms in total. The average molecular weight is 273 g/mol. The molecule has 0 bridgehead atoms. The van der Waals surface area contributed by atoms with Crippen molar-refractivity contribution in [2.75, 3.05) is 0 Å². The summed E-state index contributed by atoms with van der Waals surface area (Å²) >= 11 is 0. The number of hydrogen-bond acceptors (Lipinski definition) is 2. The van der Waals surface area contributed by atoms with E-state index in [1.807, 2.05) is 27.7 Å². The first-order chi connectivity index (χ1) is 9.09. The third-order valence-electron chi connectivity index (χ3n) is 2.62. The summed E-state index contributed by atoms with van der Waals surface area (Å²) in [4.78, 5) is 3.66. The summed E-state index contributed by atoms with van der Waals surface area (Å²) in [5, 5.41) is 0. The van der Waals surface area contributed by atoms with Gasteiger partial charge >= 0.3 is 6.11 Å². The maximum atomic E-state index is 13.5. The van der Waals surface area contributed by atoms with Gasteiger partial charge in [-0.05, 0) is 37.8 Å². The van der Waals surface area contributed by atoms with Crippen LogP contribution in [0, 0.1) is 5.92 Å². The molecule has 1 saturated carbocycles. The Morgan fingerprint density at radius 2 is 1.84 bits per heavy atom. The number of aromatic nitrogens is 1. The monoisotopic (exact) mass is 273 g/mol. The highest BCUT2D eigenvalue weighted by molar-refractivity contribution is 5.12. The van der Waals surface area contributed by atoms with Gasteiger partial charge in [0, 0.05) is 12.4 Å². The van der Waals surface area contributed by atoms with Crippen LogP contribution in [-0.2, 0) is 10.8 Å². The second kappa shape index (κ2) is 8.97. The normalized spacial score (nSPS) is 15.5. The van der Waals surface area contributed by atoms with E-state index in [0.29, 0.717) is 5.92 Å². The minimum Gasteiger partial charge on any atom is -0.313 e. The Balaban J connectivity index is 0.000000741. The zero-order chi connectivity index (χ0) is 14.9. The molecule has 2 rings (SSSR count). The molecular weight excluding hydrogens is 248 g/mol. The standard InChI is InChI=1S/C11H13F2NO.2C2H6/c1-8(9-4-5-9)15-11(12,13)10-3-2-6-14-7-10;2*1-2/h2-3,6-9H,4-5H2,1H3;2*1-2H3. The highest BCUT2D eigenvalue weighted by Crippen LogP contribution is 2.39. The van der Waals surface area contributed by atoms with Gasteiger partial charge in [0.25, 0.3) is 0 Å². The van der Waals surface area contributed by atoms with E-state index in [-0.39, 0.29) is 11.7 Å². The lowest BCUT2D eigenvalue weighted by Gasteiger charge is -2.21. The fraction of sp³-hybridized carbons (Fsp3) is 0.667. The highest BCUT2D eigenvalue weighted by atomic mass is 19.3. The Kier molecular flexibility index (Phi) is 8.48. The molecule has 0 aliphatic heterocycles. The van der Waals surface area contributed by atoms with Crippen LogP contribution in [0.15, 0.2) is 24.5 Å². The number of alkyl halides is 2. The third kappa shape index (κ3) is 6.10. The molecule has 1 aliphatic rings. The van der Waals surface area contributed by atoms with Crippen LogP contribution in [-0.4, -0.2) is 11.1 Å². The Hall–Kier alpha value is -1.03. The van der Waals surface area contributed by atoms with E-state index >= 15 is 0 Å². The van der Waals surface area contributed by atoms with E-state index in [1.165, 1.54) is 18.3 Å². The molecule has 1 aliphatic carbocycles. The molecule has 0 N–H and O–H groups in total. The molecule has 0 aromatic carbocycles. The van der Waals surface area contributed by atoms with Gasteiger partial charge in [-0.3, -0.25) is 4.98 Å². The van der Waals surface area contributed by atoms with Gasteiger partial charge in [0.1, 0.15) is 0 Å². The van der Waals surface area contributed by atoms with Crippen molar-refractivity contribution in [3.8, 4) is 0 Å². The summed E-state index contributed by atoms with van der Waals surface area (Å²) in [6, 6.07) is 2.81. The second-order valence-electron chi connectivity index (χ2n) is 3.92. The molecule has 1 aromatic rings. The lowest BCUT2D eigenvalue weighted by molar-refractivity contribution is -0.273. The fourth-order valence-electron chi connectivity index (χ4n) is 1.50. The van der Waals surface area contributed by atoms with Crippen LogP contribution in [0.5, 0.6) is 0 Å². The van der Waals surface area contributed by atoms with Crippen LogP contribution in [0.4, 0.5) is 8.78 Å². The molecule has 1 heterocycles. The lowest BCUT2D eigenvalue weighted by Crippen LogP contribution is -2.25. The SMILES string of the molecule is CC.CC.CC(OC(F)(F)c1cccnc1)C1CC1. The van der Waals surface area contributed by atoms with Gasteiger partial charge in [0.2, 0.25) is 0 Å². The summed E-state index contributed by atoms with van der Waals surface area (Å²) < 4.78 is 31.8. The van der Waals surface area contributed by atoms with Gasteiger partial charge in [0.15, 0.2) is 0 Å². The predicted octanol–water partition coefficient (Wildman–Crippen LogP) is 5.00. The van der Waals surface area contributed by atoms with E-state index in [1.54, 1.807) is 6.92 Å². The minimum absolute atomic E-state index is 0.183. The second-order valence-corrected chi connectivity index (χ2v) is 3.92. The number of ether oxygens (including phenoxy) is 1. The Labute approximate surface area is 115 Å². The fourth-order valence-corrected chi connectivity index (χ4v) is 1.50. The smallest absolute Gasteiger partial charge is 0.313 e. The zero-order valence-corrected chi connectivity index (χ0v) is 12.5. The molecule has 0 spiro atoms. The van der Waals surface area contributed by atoms with E-state index < -0.39 is 6.11 Å². The molecular formula is C15H25F2NO. The van der Waals surface area contributed by atoms with Crippen LogP contribution in [0.1, 0.15) is 53.0 Å². The summed E-state index contributed by atoms with van der Waals surface area (Å²) in [6.45, 7) is 9.70. The highest BCUT2D eigenvalue weighted by Gasteiger charge is 2.39. The largest absolute Gasteiger partial charge is 0.385 e. The average Bonchev–Trinajstić information content (AvgIpc) is 3.28. The predicted molar refractivity (Wildman–Crippen MR) is 74.1 cm³/mol. The van der Waals surface area contributed by atoms with Crippen molar-refractivity contribution in [3.05, 3.63) is 30.1 Å². The lowest BCUT2D eigenvalue weighted by atomic mass is 10.2. The van der Waals surface area contributed by atoms with Gasteiger partial charge in [-0.25, -0.2) is 0 Å². The summed E-state index contributed by atoms with van der Waals surface area (Å²) in [7, 11) is 0. The van der Waals surface area contributed by atoms with Crippen molar-refractivity contribution in [1.29, 1.82) is 0 Å². The van der Waals surface area contributed by atoms with Crippen LogP contribution in [0.25, 0.3) is 0 Å². The molecule has 0 saturated heterocycles. The van der Waals surface area contributed by atoms with Crippen molar-refractivity contribution >= 4 is 0 Å². The van der Waals surface area contributed by atoms with Gasteiger partial charge in [0.05, 0.1) is 11.7 Å². The minimum atomic E-state index is -3.23. The summed E-state index contributed by atoms with van der Waals surface area (Å²) in [5.74, 6) is 0.299. The van der Waals surface area contributed by atoms with Crippen LogP contribution in [0.2, 0.25) is 0 Å². The van der Waals surface area contributed by atoms with E-state index in [0.717, 1.165) is 19.0 Å². The molecule has 1 unspecified atom stereocenters. The van der Waals surface area contributed by atoms with Crippen LogP contribution >= 0.6 is 0 Å². The van der Waals surface area contributed by atoms with Crippen molar-refractivity contribution in [2.45, 2.75) is 59.7 Å². The van der Waals surface area contributed by atoms with Crippen molar-refractivity contribution in [3.63, 3.8) is 0 Å². The maximum absolute atomic E-state index is 13.5. The summed E-state index contributed by atoms with van der Waals surface area (Å²) in [5.41, 5.74) is -0.183. The Morgan fingerprint density at radius 3 is 2.26 bits per heavy atom. The van der Waals surface area contributed by atoms with Gasteiger partial charge in [-0.2, -0.15) is 8.78 Å². The van der Waals surface area contributed by atoms with Gasteiger partial charge in [-0.1, -0.05) is 27.7 Å². The number of pyridine rings is 1. The van der Waals surface area contributed by atoms with E-state index in [2.05, 4.69) is 4.98 Å². The molecule has 1 aromatic heterocycles. The third-order valence-corrected chi connectivity index (χ3v) is 2.62. The van der Waals surface area contributed by atoms with Crippen molar-refractivity contribution in [2.24, 2.45) is 5.92 Å². The van der Waals surface area contributed by atoms with Gasteiger partial charge in [-0.15, -0.1) is 0 Å². The Bertz CT molecular complexity index is 326. The molecule has 19 heavy (non-hydrogen) atoms. The number of halogens is 2. The molecule has 0 radical (unpaired) electrons. The van der Waals surface area contributed by atoms with Gasteiger partial charge < -0.3 is 4.74 Å². The topological polar surface area (TPSA) is 22.1 Å². The van der Waals surface area contributed by atoms with Crippen LogP contribution < -0.4 is 0 Å². The molecule has 4 heteroatoms. The molecule has 110 valence electrons. The maximum Gasteiger partial charge on any atom is 0.385 e. The summed E-state index contributed by atoms with van der Waals surface area (Å²) in [6.07, 6.45) is 0.967. The van der Waals surface area contributed by atoms with Crippen LogP contribution in [0.3, 0.4) is 0 Å². The number of rotatable bonds is 4. The molecule has 1 atom stereocenters. The molecule has 0 amide bonds. The Morgan fingerprint density at radius 1 is 1.26 bits per heavy atom. The van der Waals surface area contributed by atoms with E-state index in [4.69, 9.17) is 4.74 Å². The molecule has 1 fully saturated rings. The first kappa shape index (κ1) is 18.0. The van der Waals surface area contributed by atoms with Crippen molar-refractivity contribution in [1.82, 2.24) is 4.98 Å². The number of nitrogens with zero attached hydrogens (tertiary/aromatic N) is 1. The first-order valence-electron chi connectivity index (χ1n) is 7.06. The van der Waals surface area contributed by atoms with Crippen molar-refractivity contribution < 1.29 is 13.5 Å². The zero-order valence-electron chi connectivity index (χ0n) is 12.5. The number of hydrogen-bond donors (Lipinski definition) is 0. The quantitative estimate of drug-likeness (QED) is 0.770. The first-order valence-corrected chi connectivity index (χ1v) is 7.06.